The second-order valence-electron chi connectivity index (χ2n) is 20.0. The van der Waals surface area contributed by atoms with E-state index < -0.39 is 76.7 Å². The molecule has 27 heteroatoms. The van der Waals surface area contributed by atoms with E-state index >= 15 is 0 Å². The van der Waals surface area contributed by atoms with Gasteiger partial charge in [0.25, 0.3) is 0 Å². The summed E-state index contributed by atoms with van der Waals surface area (Å²) in [6, 6.07) is -1.23. The van der Waals surface area contributed by atoms with Crippen LogP contribution in [0.4, 0.5) is 14.4 Å². The summed E-state index contributed by atoms with van der Waals surface area (Å²) in [5.74, 6) is -1.56. The van der Waals surface area contributed by atoms with E-state index in [2.05, 4.69) is 27.9 Å². The number of aliphatic hydroxyl groups excluding tert-OH is 1. The summed E-state index contributed by atoms with van der Waals surface area (Å²) in [5.41, 5.74) is 5.30. The summed E-state index contributed by atoms with van der Waals surface area (Å²) >= 11 is 9.48. The molecular weight excluding hydrogens is 1060 g/mol. The van der Waals surface area contributed by atoms with Gasteiger partial charge in [0.05, 0.1) is 33.3 Å². The molecular formula is C47H85ClN5NaO17S3. The van der Waals surface area contributed by atoms with Crippen LogP contribution in [0.15, 0.2) is 17.6 Å². The van der Waals surface area contributed by atoms with Gasteiger partial charge in [-0.15, -0.1) is 6.58 Å². The molecule has 22 nitrogen and oxygen atoms in total. The number of hydrogen-bond acceptors (Lipinski definition) is 21. The van der Waals surface area contributed by atoms with Crippen LogP contribution in [0.2, 0.25) is 0 Å². The molecule has 0 spiro atoms. The predicted molar refractivity (Wildman–Crippen MR) is 286 cm³/mol. The maximum atomic E-state index is 12.2. The number of carboxylic acid groups (broad SMARTS) is 3. The summed E-state index contributed by atoms with van der Waals surface area (Å²) < 4.78 is 24.3. The number of aliphatic hydroxyl groups is 1. The first-order valence-electron chi connectivity index (χ1n) is 22.6. The number of carbonyl (C=O) groups is 8. The Balaban J connectivity index is -0.000000269. The van der Waals surface area contributed by atoms with Crippen molar-refractivity contribution >= 4 is 101 Å². The number of esters is 2. The molecule has 0 aliphatic carbocycles. The summed E-state index contributed by atoms with van der Waals surface area (Å²) in [7, 11) is 3.85. The molecule has 0 unspecified atom stereocenters. The predicted octanol–water partition coefficient (Wildman–Crippen LogP) is 2.72. The van der Waals surface area contributed by atoms with E-state index in [1.807, 2.05) is 81.1 Å². The zero-order valence-corrected chi connectivity index (χ0v) is 52.2. The van der Waals surface area contributed by atoms with Gasteiger partial charge in [-0.1, -0.05) is 68.4 Å². The number of halogens is 1. The molecule has 7 N–H and O–H groups in total. The average Bonchev–Trinajstić information content (AvgIpc) is 3.77. The Hall–Kier alpha value is -3.01. The van der Waals surface area contributed by atoms with Crippen molar-refractivity contribution in [1.29, 1.82) is 0 Å². The number of nitrogens with zero attached hydrogens (tertiary/aromatic N) is 3. The summed E-state index contributed by atoms with van der Waals surface area (Å²) in [6.07, 6.45) is 8.32. The van der Waals surface area contributed by atoms with Crippen LogP contribution >= 0.6 is 46.9 Å². The largest absolute Gasteiger partial charge is 1.00 e. The molecule has 0 radical (unpaired) electrons. The Morgan fingerprint density at radius 3 is 1.58 bits per heavy atom. The maximum absolute atomic E-state index is 12.2. The van der Waals surface area contributed by atoms with Gasteiger partial charge in [-0.2, -0.15) is 35.3 Å². The van der Waals surface area contributed by atoms with Crippen LogP contribution in [0.3, 0.4) is 0 Å². The van der Waals surface area contributed by atoms with Crippen LogP contribution in [0.5, 0.6) is 0 Å². The Bertz CT molecular complexity index is 1800. The van der Waals surface area contributed by atoms with Crippen LogP contribution < -0.4 is 46.1 Å². The van der Waals surface area contributed by atoms with Crippen LogP contribution in [0.25, 0.3) is 0 Å². The number of carboxylic acids is 3. The number of rotatable bonds is 16. The Kier molecular flexibility index (Phi) is 40.7. The van der Waals surface area contributed by atoms with E-state index in [1.165, 1.54) is 51.1 Å². The Morgan fingerprint density at radius 1 is 0.824 bits per heavy atom. The van der Waals surface area contributed by atoms with Gasteiger partial charge in [0.2, 0.25) is 0 Å². The molecule has 426 valence electrons. The number of cyclic esters (lactones) is 2. The van der Waals surface area contributed by atoms with Crippen molar-refractivity contribution in [3.63, 3.8) is 0 Å². The SMILES string of the molecule is C=C[C@@](C)(N)C(=O)O.COC(=O)Cl.COC(=O)N1[C@@H](C(C)(C)C)OC(=O)[C@@]1(C)CCSC.COC(=O)N1[C@H](CCSC)C(=O)O[C@@H]1C(C)(C)C.CSCC[C@@H](N=CC(C)(C)C)C(=O)[O-].C[C@@](N)(CCO)C(=O)O.[Na+]. The van der Waals surface area contributed by atoms with Gasteiger partial charge < -0.3 is 60.4 Å². The number of nitrogens with two attached hydrogens (primary N) is 2. The van der Waals surface area contributed by atoms with E-state index in [0.29, 0.717) is 19.3 Å². The fourth-order valence-electron chi connectivity index (χ4n) is 5.28. The minimum absolute atomic E-state index is 0. The normalized spacial score (nSPS) is 19.9. The molecule has 2 rings (SSSR count). The molecule has 0 saturated carbocycles. The first-order chi connectivity index (χ1) is 33.1. The summed E-state index contributed by atoms with van der Waals surface area (Å²) in [5, 5.41) is 35.6. The number of carbonyl (C=O) groups excluding carboxylic acids is 6. The van der Waals surface area contributed by atoms with E-state index in [-0.39, 0.29) is 70.8 Å². The van der Waals surface area contributed by atoms with Crippen molar-refractivity contribution < 1.29 is 112 Å². The first-order valence-corrected chi connectivity index (χ1v) is 27.1. The van der Waals surface area contributed by atoms with Crippen LogP contribution in [-0.2, 0) is 47.7 Å². The third-order valence-corrected chi connectivity index (χ3v) is 11.9. The number of aliphatic imine (C=N–C) groups is 1. The minimum atomic E-state index is -1.28. The summed E-state index contributed by atoms with van der Waals surface area (Å²) in [6.45, 7) is 25.1. The smallest absolute Gasteiger partial charge is 0.548 e. The van der Waals surface area contributed by atoms with Crippen LogP contribution in [0.1, 0.15) is 109 Å². The second kappa shape index (κ2) is 37.7. The molecule has 2 aliphatic heterocycles. The third-order valence-electron chi connectivity index (χ3n) is 9.81. The van der Waals surface area contributed by atoms with Gasteiger partial charge in [0, 0.05) is 35.3 Å². The minimum Gasteiger partial charge on any atom is -0.548 e. The molecule has 0 aromatic rings. The molecule has 2 aliphatic rings. The van der Waals surface area contributed by atoms with Gasteiger partial charge in [-0.25, -0.2) is 28.8 Å². The Labute approximate surface area is 478 Å². The zero-order chi connectivity index (χ0) is 58.5. The number of thioether (sulfide) groups is 3. The fourth-order valence-corrected chi connectivity index (χ4v) is 6.79. The van der Waals surface area contributed by atoms with Crippen molar-refractivity contribution in [3.8, 4) is 0 Å². The maximum Gasteiger partial charge on any atom is 1.00 e. The molecule has 7 atom stereocenters. The number of hydrogen-bond donors (Lipinski definition) is 5. The zero-order valence-electron chi connectivity index (χ0n) is 47.0. The fraction of sp³-hybridized carbons (Fsp3) is 0.766. The molecule has 0 bridgehead atoms. The van der Waals surface area contributed by atoms with Gasteiger partial charge in [-0.05, 0) is 87.9 Å². The van der Waals surface area contributed by atoms with Gasteiger partial charge >= 0.3 is 71.0 Å². The standard InChI is InChI=1S/C13H23NO4S.C12H21NO4S.C10H19NO2S.C5H11NO3.C5H9NO2.C2H3ClO2.Na/c1-12(2,3)9-14(11(16)17-5)13(4,7-8-19-6)10(15)18-9;1-12(2,3)10-13(11(15)16-4)8(6-7-18-5)9(14)17-10;1-10(2,3)7-11-8(9(12)13)5-6-14-4;1-5(6,2-3-7)4(8)9;1-3-5(2,6)4(7)8;1-5-2(3)4;/h9H,7-8H2,1-6H3;8,10H,6-7H2,1-5H3;7-8H,5-6H2,1-4H3,(H,12,13);7H,2-3,6H2,1H3,(H,8,9);3H,1,6H2,2H3,(H,7,8);1H3;/q;;;;;;+1/p-1/t9-,13-;8-,10-;8-;2*5-;;/m11111../s1. The van der Waals surface area contributed by atoms with E-state index in [4.69, 9.17) is 45.7 Å². The van der Waals surface area contributed by atoms with Crippen LogP contribution in [-0.4, -0.2) is 184 Å². The van der Waals surface area contributed by atoms with Gasteiger partial charge in [0.15, 0.2) is 12.5 Å². The monoisotopic (exact) mass is 1150 g/mol. The van der Waals surface area contributed by atoms with Crippen molar-refractivity contribution in [2.24, 2.45) is 32.7 Å². The third kappa shape index (κ3) is 31.3. The number of aliphatic carboxylic acids is 3. The number of amides is 2. The topological polar surface area (TPSA) is 337 Å². The number of ether oxygens (including phenoxy) is 5. The summed E-state index contributed by atoms with van der Waals surface area (Å²) in [4.78, 5) is 95.2. The molecule has 2 fully saturated rings. The molecule has 2 heterocycles. The van der Waals surface area contributed by atoms with Crippen LogP contribution in [0, 0.1) is 16.2 Å². The number of methoxy groups -OCH3 is 3. The molecule has 2 saturated heterocycles. The Morgan fingerprint density at radius 2 is 1.28 bits per heavy atom. The van der Waals surface area contributed by atoms with Crippen molar-refractivity contribution in [2.75, 3.05) is 64.0 Å². The molecule has 2 amide bonds. The van der Waals surface area contributed by atoms with Gasteiger partial charge in [-0.3, -0.25) is 19.6 Å². The van der Waals surface area contributed by atoms with E-state index in [1.54, 1.807) is 48.4 Å². The average molecular weight is 1150 g/mol. The first kappa shape index (κ1) is 79.9. The molecule has 0 aromatic heterocycles. The van der Waals surface area contributed by atoms with E-state index in [0.717, 1.165) is 17.3 Å². The quantitative estimate of drug-likeness (QED) is 0.0370. The van der Waals surface area contributed by atoms with Crippen molar-refractivity contribution in [3.05, 3.63) is 12.7 Å². The van der Waals surface area contributed by atoms with Gasteiger partial charge in [0.1, 0.15) is 22.7 Å². The molecule has 74 heavy (non-hydrogen) atoms. The molecule has 0 aromatic carbocycles. The van der Waals surface area contributed by atoms with E-state index in [9.17, 15) is 43.5 Å². The second-order valence-corrected chi connectivity index (χ2v) is 23.3. The van der Waals surface area contributed by atoms with Crippen molar-refractivity contribution in [2.45, 2.75) is 150 Å². The van der Waals surface area contributed by atoms with Crippen molar-refractivity contribution in [1.82, 2.24) is 9.80 Å².